The summed E-state index contributed by atoms with van der Waals surface area (Å²) in [6.45, 7) is 2.73. The lowest BCUT2D eigenvalue weighted by atomic mass is 9.94. The molecule has 1 aliphatic carbocycles. The molecule has 3 aromatic carbocycles. The van der Waals surface area contributed by atoms with Gasteiger partial charge in [0.25, 0.3) is 5.91 Å². The van der Waals surface area contributed by atoms with Gasteiger partial charge < -0.3 is 5.32 Å². The van der Waals surface area contributed by atoms with Gasteiger partial charge in [0, 0.05) is 45.6 Å². The molecule has 0 aliphatic heterocycles. The number of carbonyl (C=O) groups is 1. The first kappa shape index (κ1) is 27.2. The zero-order valence-corrected chi connectivity index (χ0v) is 22.3. The maximum atomic E-state index is 12.7. The quantitative estimate of drug-likeness (QED) is 0.119. The van der Waals surface area contributed by atoms with Gasteiger partial charge in [0.1, 0.15) is 6.34 Å². The van der Waals surface area contributed by atoms with Crippen molar-refractivity contribution >= 4 is 34.9 Å². The summed E-state index contributed by atoms with van der Waals surface area (Å²) in [6.07, 6.45) is 15.5. The zero-order chi connectivity index (χ0) is 27.5. The number of aliphatic imine (C=N–C) groups is 2. The summed E-state index contributed by atoms with van der Waals surface area (Å²) in [4.78, 5) is 24.3. The van der Waals surface area contributed by atoms with Crippen molar-refractivity contribution in [2.24, 2.45) is 9.98 Å². The number of fused-ring (bicyclic) bond motifs is 1. The monoisotopic (exact) mass is 515 g/mol. The first-order valence-corrected chi connectivity index (χ1v) is 12.9. The zero-order valence-electron chi connectivity index (χ0n) is 22.3. The third-order valence-electron chi connectivity index (χ3n) is 6.25. The Bertz CT molecular complexity index is 1590. The van der Waals surface area contributed by atoms with E-state index in [9.17, 15) is 4.79 Å². The minimum absolute atomic E-state index is 0. The number of rotatable bonds is 8. The molecule has 39 heavy (non-hydrogen) atoms. The molecular formula is C34H35N4O. The van der Waals surface area contributed by atoms with E-state index in [-0.39, 0.29) is 8.76 Å². The lowest BCUT2D eigenvalue weighted by molar-refractivity contribution is 0.0953. The number of pyridine rings is 1. The standard InChI is InChI=1S/C29H25N2O.C5H6N2.2H2/c1-20-17-24(29(32)31-16-5-9-21-7-3-2-4-8-21)13-14-26(20)25-18-23-10-6-15-30-28(23)27(19-25)22-11-12-22;1-3-4-7-5-6-2;;/h2-4,6-8,10-15,17-19H,5,9,16H2,1H3,(H,31,32);1,4-5H,2H3;2*1H. The number of benzene rings is 3. The van der Waals surface area contributed by atoms with Crippen LogP contribution >= 0.6 is 0 Å². The van der Waals surface area contributed by atoms with E-state index in [0.717, 1.165) is 46.0 Å². The van der Waals surface area contributed by atoms with E-state index in [1.165, 1.54) is 23.7 Å². The fourth-order valence-electron chi connectivity index (χ4n) is 4.30. The first-order chi connectivity index (χ1) is 19.1. The second kappa shape index (κ2) is 13.6. The van der Waals surface area contributed by atoms with Crippen LogP contribution < -0.4 is 5.32 Å². The van der Waals surface area contributed by atoms with Gasteiger partial charge in [-0.2, -0.15) is 0 Å². The van der Waals surface area contributed by atoms with Crippen LogP contribution in [0.4, 0.5) is 0 Å². The Hall–Kier alpha value is -4.82. The molecule has 0 unspecified atom stereocenters. The third kappa shape index (κ3) is 7.59. The molecule has 0 saturated carbocycles. The maximum absolute atomic E-state index is 12.7. The van der Waals surface area contributed by atoms with Crippen LogP contribution in [-0.4, -0.2) is 37.0 Å². The van der Waals surface area contributed by atoms with Crippen molar-refractivity contribution in [2.45, 2.75) is 19.8 Å². The second-order valence-electron chi connectivity index (χ2n) is 9.08. The van der Waals surface area contributed by atoms with E-state index in [1.54, 1.807) is 7.05 Å². The number of nitrogens with one attached hydrogen (secondary N) is 1. The molecule has 1 aromatic heterocycles. The molecule has 0 fully saturated rings. The average Bonchev–Trinajstić information content (AvgIpc) is 3.81. The van der Waals surface area contributed by atoms with Gasteiger partial charge in [-0.1, -0.05) is 54.5 Å². The number of terminal acetylenes is 1. The van der Waals surface area contributed by atoms with Crippen LogP contribution in [0.3, 0.4) is 0 Å². The molecule has 0 spiro atoms. The summed E-state index contributed by atoms with van der Waals surface area (Å²) in [7, 11) is 1.63. The number of aryl methyl sites for hydroxylation is 2. The molecule has 1 N–H and O–H groups in total. The van der Waals surface area contributed by atoms with Crippen LogP contribution in [0, 0.1) is 25.7 Å². The molecule has 0 saturated heterocycles. The van der Waals surface area contributed by atoms with E-state index in [4.69, 9.17) is 6.42 Å². The topological polar surface area (TPSA) is 66.7 Å². The molecular weight excluding hydrogens is 480 g/mol. The molecule has 0 atom stereocenters. The summed E-state index contributed by atoms with van der Waals surface area (Å²) in [5.74, 6) is 2.20. The van der Waals surface area contributed by atoms with Crippen molar-refractivity contribution in [1.82, 2.24) is 10.3 Å². The van der Waals surface area contributed by atoms with Crippen LogP contribution in [0.25, 0.3) is 27.6 Å². The van der Waals surface area contributed by atoms with Gasteiger partial charge >= 0.3 is 0 Å². The minimum atomic E-state index is -0.0196. The fourth-order valence-corrected chi connectivity index (χ4v) is 4.30. The Labute approximate surface area is 233 Å². The van der Waals surface area contributed by atoms with Gasteiger partial charge in [0.2, 0.25) is 0 Å². The molecule has 1 radical (unpaired) electrons. The first-order valence-electron chi connectivity index (χ1n) is 12.9. The summed E-state index contributed by atoms with van der Waals surface area (Å²) >= 11 is 0. The van der Waals surface area contributed by atoms with Crippen molar-refractivity contribution in [1.29, 1.82) is 0 Å². The Kier molecular flexibility index (Phi) is 9.52. The van der Waals surface area contributed by atoms with Gasteiger partial charge in [-0.05, 0) is 77.9 Å². The highest BCUT2D eigenvalue weighted by molar-refractivity contribution is 6.02. The number of allylic oxidation sites excluding steroid dienone is 2. The number of hydrogen-bond acceptors (Lipinski definition) is 3. The molecule has 1 amide bonds. The van der Waals surface area contributed by atoms with Crippen molar-refractivity contribution < 1.29 is 7.65 Å². The van der Waals surface area contributed by atoms with E-state index in [0.29, 0.717) is 12.1 Å². The van der Waals surface area contributed by atoms with Crippen molar-refractivity contribution in [2.75, 3.05) is 13.6 Å². The van der Waals surface area contributed by atoms with Crippen LogP contribution in [0.15, 0.2) is 95.1 Å². The Morgan fingerprint density at radius 2 is 1.90 bits per heavy atom. The highest BCUT2D eigenvalue weighted by Crippen LogP contribution is 2.37. The Morgan fingerprint density at radius 1 is 1.08 bits per heavy atom. The normalized spacial score (nSPS) is 12.1. The van der Waals surface area contributed by atoms with E-state index in [2.05, 4.69) is 82.0 Å². The van der Waals surface area contributed by atoms with Crippen LogP contribution in [-0.2, 0) is 6.42 Å². The van der Waals surface area contributed by atoms with Crippen molar-refractivity contribution in [3.8, 4) is 23.5 Å². The minimum Gasteiger partial charge on any atom is -0.352 e. The molecule has 0 bridgehead atoms. The fraction of sp³-hybridized carbons (Fsp3) is 0.147. The molecule has 5 rings (SSSR count). The van der Waals surface area contributed by atoms with Crippen molar-refractivity contribution in [3.05, 3.63) is 114 Å². The predicted octanol–water partition coefficient (Wildman–Crippen LogP) is 7.01. The molecule has 5 heteroatoms. The number of carbonyl (C=O) groups excluding carboxylic acids is 1. The van der Waals surface area contributed by atoms with Gasteiger partial charge in [-0.3, -0.25) is 14.8 Å². The summed E-state index contributed by atoms with van der Waals surface area (Å²) < 4.78 is 0. The van der Waals surface area contributed by atoms with Crippen LogP contribution in [0.2, 0.25) is 0 Å². The van der Waals surface area contributed by atoms with E-state index >= 15 is 0 Å². The number of hydrogen-bond donors (Lipinski definition) is 1. The number of aromatic nitrogens is 1. The van der Waals surface area contributed by atoms with E-state index in [1.807, 2.05) is 42.6 Å². The highest BCUT2D eigenvalue weighted by atomic mass is 16.1. The Morgan fingerprint density at radius 3 is 2.62 bits per heavy atom. The lowest BCUT2D eigenvalue weighted by Gasteiger charge is -2.12. The molecule has 1 aliphatic rings. The van der Waals surface area contributed by atoms with E-state index < -0.39 is 0 Å². The van der Waals surface area contributed by atoms with Gasteiger partial charge in [0.15, 0.2) is 0 Å². The number of nitrogens with zero attached hydrogens (tertiary/aromatic N) is 3. The third-order valence-corrected chi connectivity index (χ3v) is 6.25. The highest BCUT2D eigenvalue weighted by Gasteiger charge is 2.17. The van der Waals surface area contributed by atoms with Crippen LogP contribution in [0.5, 0.6) is 0 Å². The van der Waals surface area contributed by atoms with Crippen molar-refractivity contribution in [3.63, 3.8) is 0 Å². The largest absolute Gasteiger partial charge is 0.352 e. The number of amides is 1. The van der Waals surface area contributed by atoms with Gasteiger partial charge in [-0.15, -0.1) is 6.42 Å². The molecule has 1 heterocycles. The summed E-state index contributed by atoms with van der Waals surface area (Å²) in [6, 6.07) is 24.8. The average molecular weight is 516 g/mol. The SMILES string of the molecule is C#CC=NC=NC.Cc1cc(C(=O)NCCCc2ccccc2)ccc1-c1cc(C2=C[CH]2)c2ncccc2c1.[HH].[HH]. The summed E-state index contributed by atoms with van der Waals surface area (Å²) in [5, 5.41) is 4.18. The molecule has 5 nitrogen and oxygen atoms in total. The predicted molar refractivity (Wildman–Crippen MR) is 167 cm³/mol. The maximum Gasteiger partial charge on any atom is 0.251 e. The Balaban J connectivity index is 0.000000585. The van der Waals surface area contributed by atoms with Gasteiger partial charge in [0.05, 0.1) is 11.7 Å². The molecule has 197 valence electrons. The second-order valence-corrected chi connectivity index (χ2v) is 9.08. The lowest BCUT2D eigenvalue weighted by Crippen LogP contribution is -2.24. The smallest absolute Gasteiger partial charge is 0.251 e. The van der Waals surface area contributed by atoms with Gasteiger partial charge in [-0.25, -0.2) is 4.99 Å². The molecule has 4 aromatic rings. The van der Waals surface area contributed by atoms with Crippen LogP contribution in [0.1, 0.15) is 36.3 Å². The summed E-state index contributed by atoms with van der Waals surface area (Å²) in [5.41, 5.74) is 8.80.